The number of nitrogens with zero attached hydrogens (tertiary/aromatic N) is 1. The van der Waals surface area contributed by atoms with Crippen molar-refractivity contribution in [3.8, 4) is 16.9 Å². The molecule has 0 aliphatic heterocycles. The van der Waals surface area contributed by atoms with E-state index in [-0.39, 0.29) is 5.56 Å². The third-order valence-electron chi connectivity index (χ3n) is 4.38. The summed E-state index contributed by atoms with van der Waals surface area (Å²) < 4.78 is 2.12. The Hall–Kier alpha value is -3.33. The smallest absolute Gasteiger partial charge is 0.335 e. The van der Waals surface area contributed by atoms with Crippen molar-refractivity contribution in [3.05, 3.63) is 90.0 Å². The Labute approximate surface area is 145 Å². The molecule has 122 valence electrons. The summed E-state index contributed by atoms with van der Waals surface area (Å²) in [6.45, 7) is 2.07. The fraction of sp³-hybridized carbons (Fsp3) is 0.0455. The molecular weight excluding hydrogens is 310 g/mol. The van der Waals surface area contributed by atoms with Gasteiger partial charge in [0.05, 0.1) is 16.8 Å². The maximum absolute atomic E-state index is 11.4. The van der Waals surface area contributed by atoms with E-state index in [1.54, 1.807) is 18.2 Å². The van der Waals surface area contributed by atoms with Crippen molar-refractivity contribution in [3.63, 3.8) is 0 Å². The second kappa shape index (κ2) is 5.95. The lowest BCUT2D eigenvalue weighted by molar-refractivity contribution is 0.0697. The summed E-state index contributed by atoms with van der Waals surface area (Å²) in [5.74, 6) is -0.921. The van der Waals surface area contributed by atoms with Crippen LogP contribution in [0.25, 0.3) is 27.8 Å². The van der Waals surface area contributed by atoms with Gasteiger partial charge in [-0.1, -0.05) is 48.0 Å². The van der Waals surface area contributed by atoms with Gasteiger partial charge in [-0.15, -0.1) is 0 Å². The summed E-state index contributed by atoms with van der Waals surface area (Å²) in [5, 5.41) is 10.5. The number of benzene rings is 3. The number of aryl methyl sites for hydroxylation is 1. The van der Waals surface area contributed by atoms with Crippen molar-refractivity contribution in [1.29, 1.82) is 0 Å². The highest BCUT2D eigenvalue weighted by Gasteiger charge is 2.14. The number of carbonyl (C=O) groups is 1. The van der Waals surface area contributed by atoms with E-state index in [9.17, 15) is 9.90 Å². The Morgan fingerprint density at radius 2 is 1.68 bits per heavy atom. The molecule has 0 unspecified atom stereocenters. The zero-order valence-electron chi connectivity index (χ0n) is 13.8. The summed E-state index contributed by atoms with van der Waals surface area (Å²) in [6, 6.07) is 25.7. The lowest BCUT2D eigenvalue weighted by atomic mass is 10.1. The number of hydrogen-bond donors (Lipinski definition) is 1. The van der Waals surface area contributed by atoms with Gasteiger partial charge in [0.25, 0.3) is 0 Å². The molecule has 4 aromatic rings. The molecule has 1 heterocycles. The first-order chi connectivity index (χ1) is 12.1. The van der Waals surface area contributed by atoms with Crippen molar-refractivity contribution in [2.24, 2.45) is 0 Å². The molecule has 0 bridgehead atoms. The van der Waals surface area contributed by atoms with Crippen molar-refractivity contribution >= 4 is 16.9 Å². The second-order valence-electron chi connectivity index (χ2n) is 6.15. The van der Waals surface area contributed by atoms with Crippen molar-refractivity contribution in [2.75, 3.05) is 0 Å². The summed E-state index contributed by atoms with van der Waals surface area (Å²) in [7, 11) is 0. The van der Waals surface area contributed by atoms with Gasteiger partial charge in [-0.05, 0) is 48.9 Å². The number of fused-ring (bicyclic) bond motifs is 1. The Balaban J connectivity index is 2.04. The molecule has 0 radical (unpaired) electrons. The van der Waals surface area contributed by atoms with Crippen molar-refractivity contribution < 1.29 is 9.90 Å². The average Bonchev–Trinajstić information content (AvgIpc) is 3.01. The predicted molar refractivity (Wildman–Crippen MR) is 100 cm³/mol. The molecule has 0 amide bonds. The van der Waals surface area contributed by atoms with E-state index in [1.807, 2.05) is 24.3 Å². The predicted octanol–water partition coefficient (Wildman–Crippen LogP) is 5.30. The summed E-state index contributed by atoms with van der Waals surface area (Å²) in [4.78, 5) is 11.4. The lowest BCUT2D eigenvalue weighted by Crippen LogP contribution is -2.01. The number of hydrogen-bond acceptors (Lipinski definition) is 1. The van der Waals surface area contributed by atoms with E-state index in [0.29, 0.717) is 0 Å². The SMILES string of the molecule is Cc1ccc2c(c1)cc(-c1ccccc1)n2-c1cccc(C(=O)O)c1. The first-order valence-electron chi connectivity index (χ1n) is 8.15. The van der Waals surface area contributed by atoms with Crippen LogP contribution in [0.15, 0.2) is 78.9 Å². The van der Waals surface area contributed by atoms with Crippen LogP contribution in [-0.2, 0) is 0 Å². The van der Waals surface area contributed by atoms with Gasteiger partial charge in [-0.3, -0.25) is 0 Å². The minimum atomic E-state index is -0.921. The first kappa shape index (κ1) is 15.2. The average molecular weight is 327 g/mol. The highest BCUT2D eigenvalue weighted by Crippen LogP contribution is 2.32. The topological polar surface area (TPSA) is 42.2 Å². The van der Waals surface area contributed by atoms with E-state index < -0.39 is 5.97 Å². The van der Waals surface area contributed by atoms with Gasteiger partial charge in [-0.25, -0.2) is 4.79 Å². The molecule has 0 atom stereocenters. The summed E-state index contributed by atoms with van der Waals surface area (Å²) in [5.41, 5.74) is 5.53. The van der Waals surface area contributed by atoms with Crippen LogP contribution in [-0.4, -0.2) is 15.6 Å². The highest BCUT2D eigenvalue weighted by molar-refractivity contribution is 5.91. The second-order valence-corrected chi connectivity index (χ2v) is 6.15. The Bertz CT molecular complexity index is 1080. The number of carboxylic acids is 1. The lowest BCUT2D eigenvalue weighted by Gasteiger charge is -2.12. The molecule has 0 saturated carbocycles. The number of rotatable bonds is 3. The van der Waals surface area contributed by atoms with Gasteiger partial charge >= 0.3 is 5.97 Å². The van der Waals surface area contributed by atoms with E-state index in [0.717, 1.165) is 27.8 Å². The molecule has 0 spiro atoms. The van der Waals surface area contributed by atoms with Crippen LogP contribution in [0.2, 0.25) is 0 Å². The standard InChI is InChI=1S/C22H17NO2/c1-15-10-11-20-18(12-15)14-21(16-6-3-2-4-7-16)23(20)19-9-5-8-17(13-19)22(24)25/h2-14H,1H3,(H,24,25). The van der Waals surface area contributed by atoms with Crippen molar-refractivity contribution in [1.82, 2.24) is 4.57 Å². The molecule has 4 rings (SSSR count). The maximum atomic E-state index is 11.4. The molecule has 0 aliphatic rings. The quantitative estimate of drug-likeness (QED) is 0.554. The van der Waals surface area contributed by atoms with Crippen LogP contribution >= 0.6 is 0 Å². The third kappa shape index (κ3) is 2.70. The molecule has 0 saturated heterocycles. The highest BCUT2D eigenvalue weighted by atomic mass is 16.4. The zero-order valence-corrected chi connectivity index (χ0v) is 13.8. The molecule has 0 fully saturated rings. The monoisotopic (exact) mass is 327 g/mol. The van der Waals surface area contributed by atoms with Crippen LogP contribution in [0.1, 0.15) is 15.9 Å². The van der Waals surface area contributed by atoms with Crippen LogP contribution in [0.5, 0.6) is 0 Å². The largest absolute Gasteiger partial charge is 0.478 e. The Kier molecular flexibility index (Phi) is 3.62. The van der Waals surface area contributed by atoms with Crippen LogP contribution in [0.3, 0.4) is 0 Å². The minimum absolute atomic E-state index is 0.283. The number of aromatic carboxylic acids is 1. The Morgan fingerprint density at radius 1 is 0.880 bits per heavy atom. The van der Waals surface area contributed by atoms with E-state index >= 15 is 0 Å². The molecule has 1 aromatic heterocycles. The molecular formula is C22H17NO2. The molecule has 3 nitrogen and oxygen atoms in total. The van der Waals surface area contributed by atoms with E-state index in [1.165, 1.54) is 5.56 Å². The molecule has 1 N–H and O–H groups in total. The minimum Gasteiger partial charge on any atom is -0.478 e. The number of aromatic nitrogens is 1. The van der Waals surface area contributed by atoms with Gasteiger partial charge in [0, 0.05) is 11.1 Å². The molecule has 0 aliphatic carbocycles. The maximum Gasteiger partial charge on any atom is 0.335 e. The van der Waals surface area contributed by atoms with E-state index in [2.05, 4.69) is 47.9 Å². The molecule has 25 heavy (non-hydrogen) atoms. The summed E-state index contributed by atoms with van der Waals surface area (Å²) in [6.07, 6.45) is 0. The van der Waals surface area contributed by atoms with Crippen LogP contribution in [0.4, 0.5) is 0 Å². The van der Waals surface area contributed by atoms with Gasteiger partial charge < -0.3 is 9.67 Å². The van der Waals surface area contributed by atoms with Gasteiger partial charge in [0.2, 0.25) is 0 Å². The van der Waals surface area contributed by atoms with Crippen molar-refractivity contribution in [2.45, 2.75) is 6.92 Å². The zero-order chi connectivity index (χ0) is 17.4. The summed E-state index contributed by atoms with van der Waals surface area (Å²) >= 11 is 0. The van der Waals surface area contributed by atoms with Gasteiger partial charge in [0.15, 0.2) is 0 Å². The van der Waals surface area contributed by atoms with Crippen LogP contribution < -0.4 is 0 Å². The normalized spacial score (nSPS) is 10.9. The fourth-order valence-electron chi connectivity index (χ4n) is 3.21. The van der Waals surface area contributed by atoms with Gasteiger partial charge in [0.1, 0.15) is 0 Å². The number of carboxylic acid groups (broad SMARTS) is 1. The third-order valence-corrected chi connectivity index (χ3v) is 4.38. The molecule has 3 aromatic carbocycles. The first-order valence-corrected chi connectivity index (χ1v) is 8.15. The van der Waals surface area contributed by atoms with E-state index in [4.69, 9.17) is 0 Å². The van der Waals surface area contributed by atoms with Gasteiger partial charge in [-0.2, -0.15) is 0 Å². The molecule has 3 heteroatoms. The Morgan fingerprint density at radius 3 is 2.44 bits per heavy atom. The fourth-order valence-corrected chi connectivity index (χ4v) is 3.21. The van der Waals surface area contributed by atoms with Crippen LogP contribution in [0, 0.1) is 6.92 Å².